The number of fused-ring (bicyclic) bond motifs is 1. The molecule has 0 aliphatic carbocycles. The van der Waals surface area contributed by atoms with Crippen LogP contribution in [0.3, 0.4) is 0 Å². The number of carboxylic acid groups (broad SMARTS) is 1. The van der Waals surface area contributed by atoms with Gasteiger partial charge in [0.2, 0.25) is 0 Å². The largest absolute Gasteiger partial charge is 0.550 e. The number of piperidine rings is 1. The first-order chi connectivity index (χ1) is 8.75. The Kier molecular flexibility index (Phi) is 2.87. The Hall–Kier alpha value is -1.69. The van der Waals surface area contributed by atoms with Crippen molar-refractivity contribution in [3.8, 4) is 0 Å². The van der Waals surface area contributed by atoms with Crippen molar-refractivity contribution in [3.05, 3.63) is 17.8 Å². The molecule has 1 fully saturated rings. The first-order valence-electron chi connectivity index (χ1n) is 5.89. The molecule has 2 aromatic heterocycles. The summed E-state index contributed by atoms with van der Waals surface area (Å²) in [5.41, 5.74) is 0. The number of nitrogens with zero attached hydrogens (tertiary/aromatic N) is 3. The highest BCUT2D eigenvalue weighted by molar-refractivity contribution is 7.16. The van der Waals surface area contributed by atoms with Crippen LogP contribution in [0.1, 0.15) is 12.8 Å². The Labute approximate surface area is 108 Å². The van der Waals surface area contributed by atoms with Gasteiger partial charge in [-0.15, -0.1) is 11.3 Å². The van der Waals surface area contributed by atoms with Crippen molar-refractivity contribution in [2.24, 2.45) is 5.92 Å². The second-order valence-electron chi connectivity index (χ2n) is 4.42. The van der Waals surface area contributed by atoms with Crippen LogP contribution in [-0.2, 0) is 4.79 Å². The molecule has 1 saturated heterocycles. The molecule has 0 spiro atoms. The van der Waals surface area contributed by atoms with E-state index in [2.05, 4.69) is 14.9 Å². The van der Waals surface area contributed by atoms with E-state index >= 15 is 0 Å². The maximum atomic E-state index is 10.8. The van der Waals surface area contributed by atoms with Gasteiger partial charge in [0, 0.05) is 25.0 Å². The van der Waals surface area contributed by atoms with Crippen LogP contribution in [-0.4, -0.2) is 29.0 Å². The fourth-order valence-corrected chi connectivity index (χ4v) is 3.08. The van der Waals surface area contributed by atoms with Crippen LogP contribution < -0.4 is 10.0 Å². The third-order valence-corrected chi connectivity index (χ3v) is 4.19. The van der Waals surface area contributed by atoms with Crippen molar-refractivity contribution in [1.29, 1.82) is 0 Å². The van der Waals surface area contributed by atoms with Crippen LogP contribution in [0.5, 0.6) is 0 Å². The van der Waals surface area contributed by atoms with Gasteiger partial charge in [0.05, 0.1) is 5.39 Å². The van der Waals surface area contributed by atoms with Crippen molar-refractivity contribution in [3.63, 3.8) is 0 Å². The van der Waals surface area contributed by atoms with E-state index in [0.717, 1.165) is 16.0 Å². The number of aromatic nitrogens is 2. The van der Waals surface area contributed by atoms with Crippen LogP contribution in [0.25, 0.3) is 10.2 Å². The van der Waals surface area contributed by atoms with Crippen LogP contribution in [0.4, 0.5) is 5.82 Å². The summed E-state index contributed by atoms with van der Waals surface area (Å²) in [6, 6.07) is 2.01. The molecule has 94 valence electrons. The van der Waals surface area contributed by atoms with E-state index in [0.29, 0.717) is 25.9 Å². The highest BCUT2D eigenvalue weighted by atomic mass is 32.1. The van der Waals surface area contributed by atoms with Crippen molar-refractivity contribution >= 4 is 33.3 Å². The molecule has 0 unspecified atom stereocenters. The minimum atomic E-state index is -0.932. The normalized spacial score (nSPS) is 17.2. The fraction of sp³-hybridized carbons (Fsp3) is 0.417. The number of carboxylic acids is 1. The highest BCUT2D eigenvalue weighted by Crippen LogP contribution is 2.29. The van der Waals surface area contributed by atoms with E-state index < -0.39 is 5.97 Å². The van der Waals surface area contributed by atoms with Gasteiger partial charge in [0.15, 0.2) is 0 Å². The van der Waals surface area contributed by atoms with Crippen molar-refractivity contribution in [2.75, 3.05) is 18.0 Å². The number of thiophene rings is 1. The first kappa shape index (κ1) is 11.4. The van der Waals surface area contributed by atoms with E-state index in [-0.39, 0.29) is 5.92 Å². The molecule has 1 aliphatic heterocycles. The lowest BCUT2D eigenvalue weighted by atomic mass is 9.97. The van der Waals surface area contributed by atoms with Gasteiger partial charge in [0.25, 0.3) is 0 Å². The van der Waals surface area contributed by atoms with Crippen LogP contribution in [0.15, 0.2) is 17.8 Å². The van der Waals surface area contributed by atoms with Gasteiger partial charge in [-0.2, -0.15) is 0 Å². The third kappa shape index (κ3) is 1.92. The molecular formula is C12H12N3O2S-. The van der Waals surface area contributed by atoms with Gasteiger partial charge in [-0.25, -0.2) is 9.97 Å². The summed E-state index contributed by atoms with van der Waals surface area (Å²) >= 11 is 1.59. The predicted octanol–water partition coefficient (Wildman–Crippen LogP) is 0.658. The Morgan fingerprint density at radius 3 is 2.89 bits per heavy atom. The predicted molar refractivity (Wildman–Crippen MR) is 67.4 cm³/mol. The summed E-state index contributed by atoms with van der Waals surface area (Å²) < 4.78 is 0. The van der Waals surface area contributed by atoms with Crippen molar-refractivity contribution in [2.45, 2.75) is 12.8 Å². The Morgan fingerprint density at radius 2 is 2.17 bits per heavy atom. The number of aliphatic carboxylic acids is 1. The molecule has 0 atom stereocenters. The topological polar surface area (TPSA) is 69.2 Å². The lowest BCUT2D eigenvalue weighted by Gasteiger charge is -2.33. The molecule has 3 rings (SSSR count). The van der Waals surface area contributed by atoms with Gasteiger partial charge >= 0.3 is 0 Å². The molecule has 1 aliphatic rings. The molecule has 3 heterocycles. The summed E-state index contributed by atoms with van der Waals surface area (Å²) in [4.78, 5) is 22.5. The fourth-order valence-electron chi connectivity index (χ4n) is 2.36. The zero-order valence-electron chi connectivity index (χ0n) is 9.70. The minimum Gasteiger partial charge on any atom is -0.550 e. The van der Waals surface area contributed by atoms with E-state index in [1.165, 1.54) is 0 Å². The summed E-state index contributed by atoms with van der Waals surface area (Å²) in [5.74, 6) is -0.336. The Morgan fingerprint density at radius 1 is 1.39 bits per heavy atom. The molecule has 2 aromatic rings. The second kappa shape index (κ2) is 4.53. The number of anilines is 1. The summed E-state index contributed by atoms with van der Waals surface area (Å²) in [6.07, 6.45) is 2.81. The molecule has 0 N–H and O–H groups in total. The number of hydrogen-bond donors (Lipinski definition) is 0. The molecule has 6 heteroatoms. The molecular weight excluding hydrogens is 250 g/mol. The average molecular weight is 262 g/mol. The lowest BCUT2D eigenvalue weighted by Crippen LogP contribution is -2.41. The number of rotatable bonds is 2. The summed E-state index contributed by atoms with van der Waals surface area (Å²) in [5, 5.41) is 13.9. The van der Waals surface area contributed by atoms with Gasteiger partial charge < -0.3 is 14.8 Å². The Balaban J connectivity index is 1.84. The van der Waals surface area contributed by atoms with Gasteiger partial charge in [-0.1, -0.05) is 0 Å². The van der Waals surface area contributed by atoms with Crippen LogP contribution in [0.2, 0.25) is 0 Å². The van der Waals surface area contributed by atoms with E-state index in [1.807, 2.05) is 11.4 Å². The molecule has 0 radical (unpaired) electrons. The highest BCUT2D eigenvalue weighted by Gasteiger charge is 2.22. The van der Waals surface area contributed by atoms with Crippen molar-refractivity contribution < 1.29 is 9.90 Å². The van der Waals surface area contributed by atoms with E-state index in [1.54, 1.807) is 17.7 Å². The van der Waals surface area contributed by atoms with Gasteiger partial charge in [-0.3, -0.25) is 0 Å². The maximum absolute atomic E-state index is 10.8. The monoisotopic (exact) mass is 262 g/mol. The zero-order chi connectivity index (χ0) is 12.5. The van der Waals surface area contributed by atoms with Gasteiger partial charge in [-0.05, 0) is 24.3 Å². The third-order valence-electron chi connectivity index (χ3n) is 3.37. The molecule has 5 nitrogen and oxygen atoms in total. The smallest absolute Gasteiger partial charge is 0.140 e. The van der Waals surface area contributed by atoms with E-state index in [4.69, 9.17) is 0 Å². The second-order valence-corrected chi connectivity index (χ2v) is 5.31. The van der Waals surface area contributed by atoms with E-state index in [9.17, 15) is 9.90 Å². The first-order valence-corrected chi connectivity index (χ1v) is 6.77. The molecule has 0 bridgehead atoms. The minimum absolute atomic E-state index is 0.318. The molecule has 0 saturated carbocycles. The lowest BCUT2D eigenvalue weighted by molar-refractivity contribution is -0.312. The summed E-state index contributed by atoms with van der Waals surface area (Å²) in [6.45, 7) is 1.42. The summed E-state index contributed by atoms with van der Waals surface area (Å²) in [7, 11) is 0. The molecule has 0 amide bonds. The zero-order valence-corrected chi connectivity index (χ0v) is 10.5. The molecule has 0 aromatic carbocycles. The quantitative estimate of drug-likeness (QED) is 0.795. The van der Waals surface area contributed by atoms with Crippen LogP contribution in [0, 0.1) is 5.92 Å². The number of hydrogen-bond acceptors (Lipinski definition) is 6. The van der Waals surface area contributed by atoms with Crippen molar-refractivity contribution in [1.82, 2.24) is 9.97 Å². The number of carbonyl (C=O) groups is 1. The van der Waals surface area contributed by atoms with Crippen LogP contribution >= 0.6 is 11.3 Å². The maximum Gasteiger partial charge on any atom is 0.140 e. The SMILES string of the molecule is O=C([O-])C1CCN(c2ncnc3sccc23)CC1. The number of carbonyl (C=O) groups excluding carboxylic acids is 1. The van der Waals surface area contributed by atoms with Gasteiger partial charge in [0.1, 0.15) is 17.0 Å². The Bertz CT molecular complexity index is 575. The molecule has 18 heavy (non-hydrogen) atoms. The standard InChI is InChI=1S/C12H13N3O2S/c16-12(17)8-1-4-15(5-2-8)10-9-3-6-18-11(9)14-7-13-10/h3,6-8H,1-2,4-5H2,(H,16,17)/p-1. The average Bonchev–Trinajstić information content (AvgIpc) is 2.87.